The molecular weight excluding hydrogens is 272 g/mol. The molecular formula is C17H15F2NO. The summed E-state index contributed by atoms with van der Waals surface area (Å²) in [5.74, 6) is -1.00. The molecule has 108 valence electrons. The van der Waals surface area contributed by atoms with Gasteiger partial charge in [-0.25, -0.2) is 8.78 Å². The summed E-state index contributed by atoms with van der Waals surface area (Å²) in [4.78, 5) is 11.6. The fourth-order valence-electron chi connectivity index (χ4n) is 1.86. The average molecular weight is 287 g/mol. The van der Waals surface area contributed by atoms with E-state index in [0.717, 1.165) is 0 Å². The molecule has 0 saturated carbocycles. The highest BCUT2D eigenvalue weighted by Crippen LogP contribution is 2.08. The summed E-state index contributed by atoms with van der Waals surface area (Å²) in [6.45, 7) is 0.321. The van der Waals surface area contributed by atoms with E-state index in [1.165, 1.54) is 24.3 Å². The molecule has 0 unspecified atom stereocenters. The van der Waals surface area contributed by atoms with Crippen LogP contribution < -0.4 is 5.32 Å². The van der Waals surface area contributed by atoms with Crippen molar-refractivity contribution in [3.8, 4) is 0 Å². The van der Waals surface area contributed by atoms with Gasteiger partial charge < -0.3 is 5.32 Å². The van der Waals surface area contributed by atoms with Crippen molar-refractivity contribution < 1.29 is 13.6 Å². The van der Waals surface area contributed by atoms with E-state index in [1.807, 2.05) is 0 Å². The molecule has 0 aromatic heterocycles. The van der Waals surface area contributed by atoms with Crippen molar-refractivity contribution >= 4 is 12.0 Å². The second-order valence-corrected chi connectivity index (χ2v) is 4.49. The molecule has 1 amide bonds. The third kappa shape index (κ3) is 4.53. The Kier molecular flexibility index (Phi) is 5.21. The Morgan fingerprint density at radius 3 is 2.38 bits per heavy atom. The van der Waals surface area contributed by atoms with Gasteiger partial charge in [0.25, 0.3) is 0 Å². The Balaban J connectivity index is 1.83. The maximum atomic E-state index is 13.4. The van der Waals surface area contributed by atoms with Gasteiger partial charge in [-0.1, -0.05) is 36.4 Å². The number of rotatable bonds is 5. The minimum Gasteiger partial charge on any atom is -0.352 e. The Morgan fingerprint density at radius 2 is 1.67 bits per heavy atom. The van der Waals surface area contributed by atoms with E-state index in [-0.39, 0.29) is 17.5 Å². The fraction of sp³-hybridized carbons (Fsp3) is 0.118. The van der Waals surface area contributed by atoms with Crippen molar-refractivity contribution in [3.63, 3.8) is 0 Å². The highest BCUT2D eigenvalue weighted by atomic mass is 19.1. The van der Waals surface area contributed by atoms with E-state index in [2.05, 4.69) is 5.32 Å². The maximum absolute atomic E-state index is 13.4. The standard InChI is InChI=1S/C17H15F2NO/c18-15-7-3-1-5-13(15)9-10-17(21)20-12-11-14-6-2-4-8-16(14)19/h1-10H,11-12H2,(H,20,21)/b10-9+. The summed E-state index contributed by atoms with van der Waals surface area (Å²) in [5.41, 5.74) is 0.901. The predicted octanol–water partition coefficient (Wildman–Crippen LogP) is 3.34. The first-order valence-electron chi connectivity index (χ1n) is 6.60. The zero-order valence-electron chi connectivity index (χ0n) is 11.4. The van der Waals surface area contributed by atoms with Crippen molar-refractivity contribution in [2.45, 2.75) is 6.42 Å². The van der Waals surface area contributed by atoms with Gasteiger partial charge in [0.05, 0.1) is 0 Å². The van der Waals surface area contributed by atoms with Crippen molar-refractivity contribution in [1.82, 2.24) is 5.32 Å². The van der Waals surface area contributed by atoms with E-state index < -0.39 is 0 Å². The number of hydrogen-bond acceptors (Lipinski definition) is 1. The predicted molar refractivity (Wildman–Crippen MR) is 78.5 cm³/mol. The first-order chi connectivity index (χ1) is 10.2. The lowest BCUT2D eigenvalue weighted by Gasteiger charge is -2.04. The molecule has 0 fully saturated rings. The van der Waals surface area contributed by atoms with Crippen LogP contribution in [0.4, 0.5) is 8.78 Å². The van der Waals surface area contributed by atoms with Crippen molar-refractivity contribution in [3.05, 3.63) is 77.4 Å². The second-order valence-electron chi connectivity index (χ2n) is 4.49. The van der Waals surface area contributed by atoms with Gasteiger partial charge in [-0.2, -0.15) is 0 Å². The molecule has 2 aromatic carbocycles. The van der Waals surface area contributed by atoms with Crippen LogP contribution in [0.3, 0.4) is 0 Å². The fourth-order valence-corrected chi connectivity index (χ4v) is 1.86. The SMILES string of the molecule is O=C(/C=C/c1ccccc1F)NCCc1ccccc1F. The number of carbonyl (C=O) groups excluding carboxylic acids is 1. The highest BCUT2D eigenvalue weighted by Gasteiger charge is 2.02. The Bertz CT molecular complexity index is 653. The number of benzene rings is 2. The Labute approximate surface area is 122 Å². The number of amides is 1. The van der Waals surface area contributed by atoms with Crippen LogP contribution in [0.5, 0.6) is 0 Å². The lowest BCUT2D eigenvalue weighted by atomic mass is 10.1. The molecule has 2 rings (SSSR count). The van der Waals surface area contributed by atoms with Gasteiger partial charge >= 0.3 is 0 Å². The molecule has 0 aliphatic carbocycles. The van der Waals surface area contributed by atoms with Gasteiger partial charge in [0, 0.05) is 18.2 Å². The smallest absolute Gasteiger partial charge is 0.244 e. The van der Waals surface area contributed by atoms with Crippen LogP contribution in [0.2, 0.25) is 0 Å². The molecule has 0 atom stereocenters. The summed E-state index contributed by atoms with van der Waals surface area (Å²) in [6, 6.07) is 12.6. The zero-order valence-corrected chi connectivity index (χ0v) is 11.4. The van der Waals surface area contributed by atoms with E-state index >= 15 is 0 Å². The van der Waals surface area contributed by atoms with Gasteiger partial charge in [0.2, 0.25) is 5.91 Å². The van der Waals surface area contributed by atoms with Crippen LogP contribution in [-0.2, 0) is 11.2 Å². The molecule has 0 aliphatic rings. The van der Waals surface area contributed by atoms with E-state index in [4.69, 9.17) is 0 Å². The molecule has 0 saturated heterocycles. The largest absolute Gasteiger partial charge is 0.352 e. The summed E-state index contributed by atoms with van der Waals surface area (Å²) >= 11 is 0. The summed E-state index contributed by atoms with van der Waals surface area (Å²) in [5, 5.41) is 2.63. The first-order valence-corrected chi connectivity index (χ1v) is 6.60. The summed E-state index contributed by atoms with van der Waals surface area (Å²) < 4.78 is 26.7. The van der Waals surface area contributed by atoms with Crippen LogP contribution in [0, 0.1) is 11.6 Å². The highest BCUT2D eigenvalue weighted by molar-refractivity contribution is 5.91. The maximum Gasteiger partial charge on any atom is 0.244 e. The summed E-state index contributed by atoms with van der Waals surface area (Å²) in [6.07, 6.45) is 3.08. The van der Waals surface area contributed by atoms with E-state index in [1.54, 1.807) is 36.4 Å². The Hall–Kier alpha value is -2.49. The van der Waals surface area contributed by atoms with Gasteiger partial charge in [-0.05, 0) is 30.2 Å². The van der Waals surface area contributed by atoms with E-state index in [9.17, 15) is 13.6 Å². The topological polar surface area (TPSA) is 29.1 Å². The molecule has 0 heterocycles. The zero-order chi connectivity index (χ0) is 15.1. The molecule has 4 heteroatoms. The van der Waals surface area contributed by atoms with Crippen LogP contribution in [0.15, 0.2) is 54.6 Å². The van der Waals surface area contributed by atoms with Gasteiger partial charge in [-0.3, -0.25) is 4.79 Å². The minimum atomic E-state index is -0.382. The number of halogens is 2. The summed E-state index contributed by atoms with van der Waals surface area (Å²) in [7, 11) is 0. The molecule has 1 N–H and O–H groups in total. The minimum absolute atomic E-state index is 0.284. The second kappa shape index (κ2) is 7.33. The number of carbonyl (C=O) groups is 1. The lowest BCUT2D eigenvalue weighted by molar-refractivity contribution is -0.116. The monoisotopic (exact) mass is 287 g/mol. The molecule has 21 heavy (non-hydrogen) atoms. The normalized spacial score (nSPS) is 10.8. The van der Waals surface area contributed by atoms with E-state index in [0.29, 0.717) is 24.1 Å². The number of hydrogen-bond donors (Lipinski definition) is 1. The molecule has 2 nitrogen and oxygen atoms in total. The van der Waals surface area contributed by atoms with Crippen molar-refractivity contribution in [1.29, 1.82) is 0 Å². The Morgan fingerprint density at radius 1 is 1.00 bits per heavy atom. The number of nitrogens with one attached hydrogen (secondary N) is 1. The van der Waals surface area contributed by atoms with Crippen LogP contribution in [0.1, 0.15) is 11.1 Å². The first kappa shape index (κ1) is 14.9. The average Bonchev–Trinajstić information content (AvgIpc) is 2.48. The molecule has 2 aromatic rings. The lowest BCUT2D eigenvalue weighted by Crippen LogP contribution is -2.23. The quantitative estimate of drug-likeness (QED) is 0.840. The molecule has 0 radical (unpaired) electrons. The van der Waals surface area contributed by atoms with Crippen LogP contribution in [0.25, 0.3) is 6.08 Å². The van der Waals surface area contributed by atoms with Crippen LogP contribution in [-0.4, -0.2) is 12.5 Å². The molecule has 0 spiro atoms. The van der Waals surface area contributed by atoms with Gasteiger partial charge in [-0.15, -0.1) is 0 Å². The third-order valence-corrected chi connectivity index (χ3v) is 2.97. The molecule has 0 aliphatic heterocycles. The van der Waals surface area contributed by atoms with Crippen LogP contribution >= 0.6 is 0 Å². The van der Waals surface area contributed by atoms with Crippen molar-refractivity contribution in [2.75, 3.05) is 6.54 Å². The van der Waals surface area contributed by atoms with Crippen molar-refractivity contribution in [2.24, 2.45) is 0 Å². The van der Waals surface area contributed by atoms with Gasteiger partial charge in [0.1, 0.15) is 11.6 Å². The van der Waals surface area contributed by atoms with Gasteiger partial charge in [0.15, 0.2) is 0 Å². The molecule has 0 bridgehead atoms. The third-order valence-electron chi connectivity index (χ3n) is 2.97.